The van der Waals surface area contributed by atoms with E-state index < -0.39 is 22.5 Å². The van der Waals surface area contributed by atoms with Crippen LogP contribution in [0, 0.1) is 20.8 Å². The van der Waals surface area contributed by atoms with Crippen molar-refractivity contribution in [2.75, 3.05) is 6.54 Å². The number of hydrogen-bond donors (Lipinski definition) is 2. The van der Waals surface area contributed by atoms with Crippen LogP contribution in [-0.2, 0) is 14.8 Å². The minimum atomic E-state index is -3.76. The second kappa shape index (κ2) is 4.85. The quantitative estimate of drug-likeness (QED) is 0.842. The van der Waals surface area contributed by atoms with Gasteiger partial charge in [-0.15, -0.1) is 0 Å². The Bertz CT molecular complexity index is 549. The molecule has 6 heteroatoms. The topological polar surface area (TPSA) is 83.5 Å². The van der Waals surface area contributed by atoms with Gasteiger partial charge in [-0.2, -0.15) is 4.72 Å². The third-order valence-electron chi connectivity index (χ3n) is 2.49. The van der Waals surface area contributed by atoms with Gasteiger partial charge < -0.3 is 5.11 Å². The Morgan fingerprint density at radius 1 is 1.18 bits per heavy atom. The number of aryl methyl sites for hydroxylation is 3. The summed E-state index contributed by atoms with van der Waals surface area (Å²) < 4.78 is 25.7. The molecule has 0 atom stereocenters. The Kier molecular flexibility index (Phi) is 3.90. The molecule has 0 spiro atoms. The van der Waals surface area contributed by atoms with Gasteiger partial charge in [0.2, 0.25) is 10.0 Å². The Balaban J connectivity index is 3.15. The lowest BCUT2D eigenvalue weighted by atomic mass is 10.1. The predicted octanol–water partition coefficient (Wildman–Crippen LogP) is 0.975. The van der Waals surface area contributed by atoms with Crippen LogP contribution in [0.2, 0.25) is 0 Å². The lowest BCUT2D eigenvalue weighted by Crippen LogP contribution is -2.30. The smallest absolute Gasteiger partial charge is 0.318 e. The Hall–Kier alpha value is -1.40. The third-order valence-corrected chi connectivity index (χ3v) is 4.04. The minimum absolute atomic E-state index is 0.127. The third kappa shape index (κ3) is 3.28. The average molecular weight is 257 g/mol. The van der Waals surface area contributed by atoms with Gasteiger partial charge in [0, 0.05) is 0 Å². The molecule has 0 aliphatic carbocycles. The van der Waals surface area contributed by atoms with Crippen LogP contribution in [-0.4, -0.2) is 26.0 Å². The zero-order valence-electron chi connectivity index (χ0n) is 9.94. The summed E-state index contributed by atoms with van der Waals surface area (Å²) in [4.78, 5) is 10.5. The van der Waals surface area contributed by atoms with E-state index in [4.69, 9.17) is 5.11 Å². The predicted molar refractivity (Wildman–Crippen MR) is 63.5 cm³/mol. The monoisotopic (exact) mass is 257 g/mol. The van der Waals surface area contributed by atoms with Crippen molar-refractivity contribution < 1.29 is 18.3 Å². The van der Waals surface area contributed by atoms with Gasteiger partial charge in [-0.1, -0.05) is 6.07 Å². The van der Waals surface area contributed by atoms with Crippen molar-refractivity contribution >= 4 is 16.0 Å². The Morgan fingerprint density at radius 2 is 1.71 bits per heavy atom. The first-order chi connectivity index (χ1) is 7.74. The van der Waals surface area contributed by atoms with Gasteiger partial charge in [-0.3, -0.25) is 4.79 Å². The first-order valence-corrected chi connectivity index (χ1v) is 6.51. The second-order valence-electron chi connectivity index (χ2n) is 3.92. The molecule has 0 aromatic heterocycles. The summed E-state index contributed by atoms with van der Waals surface area (Å²) in [5.41, 5.74) is 2.46. The standard InChI is InChI=1S/C11H15NO4S/c1-7-4-9(3)10(5-8(7)2)17(15,16)12-6-11(13)14/h4-5,12H,6H2,1-3H3,(H,13,14). The first kappa shape index (κ1) is 13.7. The fourth-order valence-electron chi connectivity index (χ4n) is 1.46. The zero-order valence-corrected chi connectivity index (χ0v) is 10.8. The molecule has 94 valence electrons. The van der Waals surface area contributed by atoms with Crippen LogP contribution >= 0.6 is 0 Å². The molecule has 0 unspecified atom stereocenters. The highest BCUT2D eigenvalue weighted by atomic mass is 32.2. The van der Waals surface area contributed by atoms with Crippen LogP contribution in [0.1, 0.15) is 16.7 Å². The van der Waals surface area contributed by atoms with Crippen molar-refractivity contribution in [3.63, 3.8) is 0 Å². The van der Waals surface area contributed by atoms with Gasteiger partial charge in [0.25, 0.3) is 0 Å². The van der Waals surface area contributed by atoms with E-state index in [2.05, 4.69) is 0 Å². The molecule has 1 aromatic rings. The van der Waals surface area contributed by atoms with Crippen LogP contribution in [0.15, 0.2) is 17.0 Å². The largest absolute Gasteiger partial charge is 0.480 e. The van der Waals surface area contributed by atoms with Gasteiger partial charge in [-0.05, 0) is 43.5 Å². The molecule has 1 rings (SSSR count). The summed E-state index contributed by atoms with van der Waals surface area (Å²) in [7, 11) is -3.76. The van der Waals surface area contributed by atoms with E-state index in [0.29, 0.717) is 5.56 Å². The number of benzene rings is 1. The van der Waals surface area contributed by atoms with E-state index in [9.17, 15) is 13.2 Å². The lowest BCUT2D eigenvalue weighted by molar-refractivity contribution is -0.135. The molecule has 2 N–H and O–H groups in total. The Labute approximate surface area is 101 Å². The molecule has 0 saturated carbocycles. The van der Waals surface area contributed by atoms with Crippen molar-refractivity contribution in [2.24, 2.45) is 0 Å². The molecule has 0 amide bonds. The van der Waals surface area contributed by atoms with Crippen molar-refractivity contribution in [2.45, 2.75) is 25.7 Å². The summed E-state index contributed by atoms with van der Waals surface area (Å²) in [6.45, 7) is 4.77. The van der Waals surface area contributed by atoms with Crippen LogP contribution in [0.25, 0.3) is 0 Å². The molecule has 0 fully saturated rings. The van der Waals surface area contributed by atoms with E-state index in [1.54, 1.807) is 19.1 Å². The van der Waals surface area contributed by atoms with Gasteiger partial charge >= 0.3 is 5.97 Å². The summed E-state index contributed by atoms with van der Waals surface area (Å²) >= 11 is 0. The van der Waals surface area contributed by atoms with Gasteiger partial charge in [0.1, 0.15) is 6.54 Å². The highest BCUT2D eigenvalue weighted by Gasteiger charge is 2.18. The first-order valence-electron chi connectivity index (χ1n) is 5.03. The summed E-state index contributed by atoms with van der Waals surface area (Å²) in [6.07, 6.45) is 0. The number of aliphatic carboxylic acids is 1. The maximum absolute atomic E-state index is 11.8. The lowest BCUT2D eigenvalue weighted by Gasteiger charge is -2.10. The highest BCUT2D eigenvalue weighted by Crippen LogP contribution is 2.19. The number of carboxylic acids is 1. The van der Waals surface area contributed by atoms with Crippen molar-refractivity contribution in [1.82, 2.24) is 4.72 Å². The summed E-state index contributed by atoms with van der Waals surface area (Å²) in [5, 5.41) is 8.46. The average Bonchev–Trinajstić information content (AvgIpc) is 2.20. The number of rotatable bonds is 4. The highest BCUT2D eigenvalue weighted by molar-refractivity contribution is 7.89. The van der Waals surface area contributed by atoms with Gasteiger partial charge in [0.05, 0.1) is 4.90 Å². The SMILES string of the molecule is Cc1cc(C)c(S(=O)(=O)NCC(=O)O)cc1C. The second-order valence-corrected chi connectivity index (χ2v) is 5.66. The number of hydrogen-bond acceptors (Lipinski definition) is 3. The number of carboxylic acid groups (broad SMARTS) is 1. The normalized spacial score (nSPS) is 11.5. The molecule has 0 saturated heterocycles. The maximum Gasteiger partial charge on any atom is 0.318 e. The van der Waals surface area contributed by atoms with E-state index in [1.807, 2.05) is 18.6 Å². The molecule has 1 aromatic carbocycles. The summed E-state index contributed by atoms with van der Waals surface area (Å²) in [5.74, 6) is -1.21. The van der Waals surface area contributed by atoms with Crippen LogP contribution in [0.3, 0.4) is 0 Å². The van der Waals surface area contributed by atoms with E-state index in [1.165, 1.54) is 0 Å². The number of sulfonamides is 1. The number of carbonyl (C=O) groups is 1. The molecule has 0 bridgehead atoms. The van der Waals surface area contributed by atoms with Crippen molar-refractivity contribution in [3.8, 4) is 0 Å². The van der Waals surface area contributed by atoms with Crippen LogP contribution in [0.4, 0.5) is 0 Å². The van der Waals surface area contributed by atoms with E-state index in [-0.39, 0.29) is 4.90 Å². The van der Waals surface area contributed by atoms with Crippen molar-refractivity contribution in [1.29, 1.82) is 0 Å². The minimum Gasteiger partial charge on any atom is -0.480 e. The fourth-order valence-corrected chi connectivity index (χ4v) is 2.74. The fraction of sp³-hybridized carbons (Fsp3) is 0.364. The number of nitrogens with one attached hydrogen (secondary N) is 1. The van der Waals surface area contributed by atoms with E-state index >= 15 is 0 Å². The molecule has 0 heterocycles. The van der Waals surface area contributed by atoms with Crippen LogP contribution < -0.4 is 4.72 Å². The molecule has 17 heavy (non-hydrogen) atoms. The molecular formula is C11H15NO4S. The molecule has 5 nitrogen and oxygen atoms in total. The molecule has 0 aliphatic heterocycles. The van der Waals surface area contributed by atoms with Gasteiger partial charge in [0.15, 0.2) is 0 Å². The molecule has 0 radical (unpaired) electrons. The van der Waals surface area contributed by atoms with Crippen LogP contribution in [0.5, 0.6) is 0 Å². The van der Waals surface area contributed by atoms with Crippen molar-refractivity contribution in [3.05, 3.63) is 28.8 Å². The Morgan fingerprint density at radius 3 is 2.24 bits per heavy atom. The van der Waals surface area contributed by atoms with Gasteiger partial charge in [-0.25, -0.2) is 8.42 Å². The summed E-state index contributed by atoms with van der Waals surface area (Å²) in [6, 6.07) is 3.32. The van der Waals surface area contributed by atoms with E-state index in [0.717, 1.165) is 11.1 Å². The maximum atomic E-state index is 11.8. The molecular weight excluding hydrogens is 242 g/mol. The molecule has 0 aliphatic rings. The zero-order chi connectivity index (χ0) is 13.2.